The fourth-order valence-corrected chi connectivity index (χ4v) is 5.34. The standard InChI is InChI=1S/C24H26N6O3S/c1-16-9-12-19(20(15-16)30(32)33)25-22(31)21(17-7-3-2-4-8-17)34-24-27-26-23(28-13-5-6-14-28)29(24)18-10-11-18/h2-4,7-9,12,15,18,21H,5-6,10-11,13-14H2,1H3,(H,25,31). The maximum absolute atomic E-state index is 13.5. The van der Waals surface area contributed by atoms with E-state index in [0.717, 1.165) is 55.8 Å². The van der Waals surface area contributed by atoms with Gasteiger partial charge in [-0.05, 0) is 49.8 Å². The molecule has 0 spiro atoms. The minimum Gasteiger partial charge on any atom is -0.341 e. The van der Waals surface area contributed by atoms with Crippen molar-refractivity contribution in [1.82, 2.24) is 14.8 Å². The zero-order valence-corrected chi connectivity index (χ0v) is 19.7. The zero-order chi connectivity index (χ0) is 23.7. The fraction of sp³-hybridized carbons (Fsp3) is 0.375. The van der Waals surface area contributed by atoms with E-state index >= 15 is 0 Å². The summed E-state index contributed by atoms with van der Waals surface area (Å²) >= 11 is 1.34. The lowest BCUT2D eigenvalue weighted by Crippen LogP contribution is -2.23. The summed E-state index contributed by atoms with van der Waals surface area (Å²) in [6.45, 7) is 3.72. The minimum atomic E-state index is -0.643. The molecule has 1 N–H and O–H groups in total. The van der Waals surface area contributed by atoms with Crippen molar-refractivity contribution in [3.63, 3.8) is 0 Å². The number of nitro benzene ring substituents is 1. The van der Waals surface area contributed by atoms with Crippen LogP contribution in [-0.2, 0) is 4.79 Å². The molecule has 2 aromatic carbocycles. The zero-order valence-electron chi connectivity index (χ0n) is 18.9. The van der Waals surface area contributed by atoms with Gasteiger partial charge in [0.1, 0.15) is 10.9 Å². The molecule has 2 fully saturated rings. The number of aromatic nitrogens is 3. The predicted octanol–water partition coefficient (Wildman–Crippen LogP) is 4.90. The Hall–Kier alpha value is -3.40. The van der Waals surface area contributed by atoms with Gasteiger partial charge in [0, 0.05) is 25.2 Å². The summed E-state index contributed by atoms with van der Waals surface area (Å²) in [5.41, 5.74) is 1.62. The van der Waals surface area contributed by atoms with Gasteiger partial charge in [-0.1, -0.05) is 48.2 Å². The summed E-state index contributed by atoms with van der Waals surface area (Å²) in [4.78, 5) is 26.9. The highest BCUT2D eigenvalue weighted by atomic mass is 32.2. The van der Waals surface area contributed by atoms with Crippen LogP contribution in [0.3, 0.4) is 0 Å². The van der Waals surface area contributed by atoms with Crippen LogP contribution in [0.5, 0.6) is 0 Å². The van der Waals surface area contributed by atoms with E-state index in [1.54, 1.807) is 19.1 Å². The largest absolute Gasteiger partial charge is 0.341 e. The molecule has 2 heterocycles. The average molecular weight is 479 g/mol. The van der Waals surface area contributed by atoms with Gasteiger partial charge >= 0.3 is 0 Å². The second-order valence-electron chi connectivity index (χ2n) is 8.75. The predicted molar refractivity (Wildman–Crippen MR) is 131 cm³/mol. The molecule has 1 aliphatic heterocycles. The van der Waals surface area contributed by atoms with Crippen LogP contribution in [0.4, 0.5) is 17.3 Å². The van der Waals surface area contributed by atoms with Crippen molar-refractivity contribution in [2.24, 2.45) is 0 Å². The maximum Gasteiger partial charge on any atom is 0.293 e. The molecule has 1 atom stereocenters. The van der Waals surface area contributed by atoms with Crippen molar-refractivity contribution in [3.05, 3.63) is 69.8 Å². The lowest BCUT2D eigenvalue weighted by Gasteiger charge is -2.20. The number of carbonyl (C=O) groups is 1. The molecule has 1 saturated heterocycles. The van der Waals surface area contributed by atoms with E-state index in [4.69, 9.17) is 0 Å². The molecule has 1 aliphatic carbocycles. The van der Waals surface area contributed by atoms with E-state index in [1.807, 2.05) is 30.3 Å². The average Bonchev–Trinajstić information content (AvgIpc) is 3.35. The highest BCUT2D eigenvalue weighted by Crippen LogP contribution is 2.44. The number of benzene rings is 2. The van der Waals surface area contributed by atoms with Crippen LogP contribution in [0, 0.1) is 17.0 Å². The Morgan fingerprint density at radius 2 is 1.88 bits per heavy atom. The van der Waals surface area contributed by atoms with Crippen molar-refractivity contribution in [2.45, 2.75) is 49.1 Å². The van der Waals surface area contributed by atoms with E-state index in [1.165, 1.54) is 17.8 Å². The summed E-state index contributed by atoms with van der Waals surface area (Å²) in [7, 11) is 0. The highest BCUT2D eigenvalue weighted by molar-refractivity contribution is 8.00. The van der Waals surface area contributed by atoms with Crippen LogP contribution in [0.2, 0.25) is 0 Å². The normalized spacial score (nSPS) is 16.4. The summed E-state index contributed by atoms with van der Waals surface area (Å²) < 4.78 is 2.17. The maximum atomic E-state index is 13.5. The second kappa shape index (κ2) is 9.46. The number of aryl methyl sites for hydroxylation is 1. The summed E-state index contributed by atoms with van der Waals surface area (Å²) in [5.74, 6) is 0.542. The van der Waals surface area contributed by atoms with Crippen molar-refractivity contribution in [1.29, 1.82) is 0 Å². The number of hydrogen-bond donors (Lipinski definition) is 1. The van der Waals surface area contributed by atoms with Crippen LogP contribution in [0.1, 0.15) is 48.1 Å². The molecular weight excluding hydrogens is 452 g/mol. The smallest absolute Gasteiger partial charge is 0.293 e. The number of anilines is 2. The molecule has 34 heavy (non-hydrogen) atoms. The third-order valence-electron chi connectivity index (χ3n) is 6.12. The first kappa shape index (κ1) is 22.4. The monoisotopic (exact) mass is 478 g/mol. The van der Waals surface area contributed by atoms with Gasteiger partial charge in [-0.25, -0.2) is 0 Å². The molecule has 2 aliphatic rings. The SMILES string of the molecule is Cc1ccc(NC(=O)C(Sc2nnc(N3CCCC3)n2C2CC2)c2ccccc2)c([N+](=O)[O-])c1. The van der Waals surface area contributed by atoms with Gasteiger partial charge in [0.05, 0.1) is 4.92 Å². The van der Waals surface area contributed by atoms with Gasteiger partial charge in [0.25, 0.3) is 5.69 Å². The van der Waals surface area contributed by atoms with Gasteiger partial charge in [-0.2, -0.15) is 0 Å². The van der Waals surface area contributed by atoms with Crippen LogP contribution < -0.4 is 10.2 Å². The number of nitro groups is 1. The Bertz CT molecular complexity index is 1200. The topological polar surface area (TPSA) is 106 Å². The first-order valence-electron chi connectivity index (χ1n) is 11.5. The van der Waals surface area contributed by atoms with Gasteiger partial charge in [0.2, 0.25) is 11.9 Å². The lowest BCUT2D eigenvalue weighted by atomic mass is 10.1. The van der Waals surface area contributed by atoms with Gasteiger partial charge < -0.3 is 10.2 Å². The van der Waals surface area contributed by atoms with E-state index in [0.29, 0.717) is 11.2 Å². The number of nitrogens with zero attached hydrogens (tertiary/aromatic N) is 5. The third-order valence-corrected chi connectivity index (χ3v) is 7.33. The van der Waals surface area contributed by atoms with Crippen LogP contribution in [0.25, 0.3) is 0 Å². The number of amides is 1. The molecule has 9 nitrogen and oxygen atoms in total. The molecule has 10 heteroatoms. The van der Waals surface area contributed by atoms with Crippen molar-refractivity contribution < 1.29 is 9.72 Å². The first-order valence-corrected chi connectivity index (χ1v) is 12.4. The quantitative estimate of drug-likeness (QED) is 0.279. The lowest BCUT2D eigenvalue weighted by molar-refractivity contribution is -0.384. The van der Waals surface area contributed by atoms with E-state index in [2.05, 4.69) is 25.0 Å². The second-order valence-corrected chi connectivity index (χ2v) is 9.83. The minimum absolute atomic E-state index is 0.123. The fourth-order valence-electron chi connectivity index (χ4n) is 4.24. The molecule has 3 aromatic rings. The number of nitrogens with one attached hydrogen (secondary N) is 1. The highest BCUT2D eigenvalue weighted by Gasteiger charge is 2.35. The van der Waals surface area contributed by atoms with E-state index < -0.39 is 10.2 Å². The van der Waals surface area contributed by atoms with Crippen LogP contribution in [-0.4, -0.2) is 38.7 Å². The summed E-state index contributed by atoms with van der Waals surface area (Å²) in [5, 5.41) is 23.4. The third kappa shape index (κ3) is 4.63. The van der Waals surface area contributed by atoms with E-state index in [9.17, 15) is 14.9 Å². The number of hydrogen-bond acceptors (Lipinski definition) is 7. The van der Waals surface area contributed by atoms with Gasteiger partial charge in [-0.15, -0.1) is 10.2 Å². The molecule has 5 rings (SSSR count). The summed E-state index contributed by atoms with van der Waals surface area (Å²) in [6, 6.07) is 14.6. The Morgan fingerprint density at radius 3 is 2.56 bits per heavy atom. The molecule has 0 bridgehead atoms. The molecule has 1 aromatic heterocycles. The molecule has 1 unspecified atom stereocenters. The molecule has 1 saturated carbocycles. The first-order chi connectivity index (χ1) is 16.5. The van der Waals surface area contributed by atoms with E-state index in [-0.39, 0.29) is 17.3 Å². The molecule has 176 valence electrons. The van der Waals surface area contributed by atoms with Crippen molar-refractivity contribution >= 4 is 35.0 Å². The van der Waals surface area contributed by atoms with Crippen LogP contribution in [0.15, 0.2) is 53.7 Å². The van der Waals surface area contributed by atoms with Crippen LogP contribution >= 0.6 is 11.8 Å². The number of carbonyl (C=O) groups excluding carboxylic acids is 1. The van der Waals surface area contributed by atoms with Crippen molar-refractivity contribution in [2.75, 3.05) is 23.3 Å². The summed E-state index contributed by atoms with van der Waals surface area (Å²) in [6.07, 6.45) is 4.43. The molecular formula is C24H26N6O3S. The Kier molecular flexibility index (Phi) is 6.23. The molecule has 1 amide bonds. The molecule has 0 radical (unpaired) electrons. The Morgan fingerprint density at radius 1 is 1.15 bits per heavy atom. The number of rotatable bonds is 8. The Balaban J connectivity index is 1.47. The number of thioether (sulfide) groups is 1. The van der Waals surface area contributed by atoms with Gasteiger partial charge in [-0.3, -0.25) is 19.5 Å². The Labute approximate surface area is 201 Å². The van der Waals surface area contributed by atoms with Crippen molar-refractivity contribution in [3.8, 4) is 0 Å². The van der Waals surface area contributed by atoms with Gasteiger partial charge in [0.15, 0.2) is 5.16 Å².